The van der Waals surface area contributed by atoms with E-state index in [1.54, 1.807) is 17.0 Å². The van der Waals surface area contributed by atoms with Crippen LogP contribution in [0, 0.1) is 6.92 Å². The number of halogens is 1. The first-order valence-corrected chi connectivity index (χ1v) is 11.9. The molecule has 3 aromatic carbocycles. The van der Waals surface area contributed by atoms with Crippen molar-refractivity contribution in [1.82, 2.24) is 19.8 Å². The summed E-state index contributed by atoms with van der Waals surface area (Å²) in [6, 6.07) is 20.5. The van der Waals surface area contributed by atoms with Crippen LogP contribution in [0.15, 0.2) is 66.7 Å². The van der Waals surface area contributed by atoms with Crippen molar-refractivity contribution in [2.24, 2.45) is 0 Å². The fourth-order valence-corrected chi connectivity index (χ4v) is 4.28. The minimum absolute atomic E-state index is 0.0787. The molecule has 5 rings (SSSR count). The first-order valence-electron chi connectivity index (χ1n) is 11.6. The summed E-state index contributed by atoms with van der Waals surface area (Å²) in [5.41, 5.74) is 3.46. The zero-order valence-electron chi connectivity index (χ0n) is 19.7. The number of carbonyl (C=O) groups excluding carboxylic acids is 2. The van der Waals surface area contributed by atoms with E-state index in [1.165, 1.54) is 0 Å². The third-order valence-electron chi connectivity index (χ3n) is 6.04. The van der Waals surface area contributed by atoms with E-state index in [9.17, 15) is 9.59 Å². The van der Waals surface area contributed by atoms with Crippen LogP contribution >= 0.6 is 11.6 Å². The summed E-state index contributed by atoms with van der Waals surface area (Å²) in [6.07, 6.45) is 0. The van der Waals surface area contributed by atoms with Gasteiger partial charge in [0.2, 0.25) is 18.6 Å². The number of rotatable bonds is 8. The molecule has 0 fully saturated rings. The van der Waals surface area contributed by atoms with E-state index in [2.05, 4.69) is 10.3 Å². The minimum atomic E-state index is -0.262. The smallest absolute Gasteiger partial charge is 0.243 e. The van der Waals surface area contributed by atoms with Crippen LogP contribution in [0.5, 0.6) is 11.5 Å². The zero-order valence-corrected chi connectivity index (χ0v) is 20.5. The highest BCUT2D eigenvalue weighted by atomic mass is 35.5. The number of nitrogens with one attached hydrogen (secondary N) is 1. The Morgan fingerprint density at radius 2 is 1.78 bits per heavy atom. The molecule has 8 nitrogen and oxygen atoms in total. The molecule has 2 heterocycles. The Morgan fingerprint density at radius 1 is 1.03 bits per heavy atom. The lowest BCUT2D eigenvalue weighted by molar-refractivity contribution is -0.137. The number of aryl methyl sites for hydroxylation is 1. The Bertz CT molecular complexity index is 1420. The van der Waals surface area contributed by atoms with Crippen LogP contribution in [-0.2, 0) is 29.2 Å². The van der Waals surface area contributed by atoms with Crippen molar-refractivity contribution in [1.29, 1.82) is 0 Å². The van der Waals surface area contributed by atoms with E-state index in [4.69, 9.17) is 21.1 Å². The number of nitrogens with zero attached hydrogens (tertiary/aromatic N) is 3. The van der Waals surface area contributed by atoms with Gasteiger partial charge in [-0.2, -0.15) is 0 Å². The predicted molar refractivity (Wildman–Crippen MR) is 136 cm³/mol. The largest absolute Gasteiger partial charge is 0.454 e. The second-order valence-corrected chi connectivity index (χ2v) is 9.01. The maximum absolute atomic E-state index is 13.5. The fraction of sp³-hybridized carbons (Fsp3) is 0.222. The first kappa shape index (κ1) is 23.7. The van der Waals surface area contributed by atoms with Crippen molar-refractivity contribution in [3.8, 4) is 11.5 Å². The van der Waals surface area contributed by atoms with Crippen LogP contribution in [-0.4, -0.2) is 39.6 Å². The zero-order chi connectivity index (χ0) is 25.1. The molecule has 9 heteroatoms. The van der Waals surface area contributed by atoms with E-state index < -0.39 is 0 Å². The van der Waals surface area contributed by atoms with E-state index in [0.717, 1.165) is 28.0 Å². The summed E-state index contributed by atoms with van der Waals surface area (Å²) in [6.45, 7) is 2.64. The number of ether oxygens (including phenoxy) is 2. The van der Waals surface area contributed by atoms with Crippen LogP contribution in [0.2, 0.25) is 5.02 Å². The Kier molecular flexibility index (Phi) is 6.77. The summed E-state index contributed by atoms with van der Waals surface area (Å²) in [5, 5.41) is 3.51. The van der Waals surface area contributed by atoms with Crippen LogP contribution in [0.3, 0.4) is 0 Å². The van der Waals surface area contributed by atoms with E-state index >= 15 is 0 Å². The number of benzene rings is 3. The van der Waals surface area contributed by atoms with Gasteiger partial charge >= 0.3 is 0 Å². The second kappa shape index (κ2) is 10.3. The van der Waals surface area contributed by atoms with Crippen LogP contribution < -0.4 is 14.8 Å². The van der Waals surface area contributed by atoms with Gasteiger partial charge in [0.05, 0.1) is 17.6 Å². The third kappa shape index (κ3) is 5.28. The van der Waals surface area contributed by atoms with E-state index in [-0.39, 0.29) is 38.2 Å². The molecule has 0 saturated carbocycles. The molecule has 0 unspecified atom stereocenters. The number of hydrogen-bond acceptors (Lipinski definition) is 5. The Hall–Kier alpha value is -4.04. The molecule has 0 spiro atoms. The molecule has 0 aliphatic carbocycles. The van der Waals surface area contributed by atoms with Crippen molar-refractivity contribution in [2.75, 3.05) is 13.3 Å². The molecule has 2 amide bonds. The van der Waals surface area contributed by atoms with Gasteiger partial charge in [0.1, 0.15) is 12.4 Å². The molecule has 0 radical (unpaired) electrons. The Balaban J connectivity index is 1.30. The SMILES string of the molecule is Cc1nc2ccccc2n1CC(=O)N(CC(=O)NCc1ccc2c(c1)OCO2)Cc1ccc(Cl)cc1. The molecule has 4 aromatic rings. The molecule has 1 aliphatic rings. The first-order chi connectivity index (χ1) is 17.5. The highest BCUT2D eigenvalue weighted by molar-refractivity contribution is 6.30. The lowest BCUT2D eigenvalue weighted by Gasteiger charge is -2.23. The summed E-state index contributed by atoms with van der Waals surface area (Å²) in [5.74, 6) is 1.64. The molecule has 0 bridgehead atoms. The van der Waals surface area contributed by atoms with Crippen LogP contribution in [0.25, 0.3) is 11.0 Å². The number of aromatic nitrogens is 2. The number of imidazole rings is 1. The van der Waals surface area contributed by atoms with Gasteiger partial charge in [0.15, 0.2) is 11.5 Å². The number of hydrogen-bond donors (Lipinski definition) is 1. The number of fused-ring (bicyclic) bond motifs is 2. The normalized spacial score (nSPS) is 12.1. The molecular formula is C27H25ClN4O4. The molecule has 0 saturated heterocycles. The second-order valence-electron chi connectivity index (χ2n) is 8.57. The molecule has 184 valence electrons. The van der Waals surface area contributed by atoms with Gasteiger partial charge in [-0.3, -0.25) is 9.59 Å². The fourth-order valence-electron chi connectivity index (χ4n) is 4.15. The van der Waals surface area contributed by atoms with Crippen molar-refractivity contribution >= 4 is 34.4 Å². The number of para-hydroxylation sites is 2. The maximum atomic E-state index is 13.5. The topological polar surface area (TPSA) is 85.7 Å². The van der Waals surface area contributed by atoms with Gasteiger partial charge < -0.3 is 24.3 Å². The van der Waals surface area contributed by atoms with Crippen molar-refractivity contribution in [3.05, 3.63) is 88.7 Å². The van der Waals surface area contributed by atoms with Gasteiger partial charge in [-0.1, -0.05) is 41.9 Å². The highest BCUT2D eigenvalue weighted by Gasteiger charge is 2.21. The van der Waals surface area contributed by atoms with Gasteiger partial charge in [-0.15, -0.1) is 0 Å². The molecule has 1 aliphatic heterocycles. The monoisotopic (exact) mass is 504 g/mol. The van der Waals surface area contributed by atoms with Crippen LogP contribution in [0.4, 0.5) is 0 Å². The average Bonchev–Trinajstić information content (AvgIpc) is 3.47. The van der Waals surface area contributed by atoms with Gasteiger partial charge in [-0.25, -0.2) is 4.98 Å². The predicted octanol–water partition coefficient (Wildman–Crippen LogP) is 4.07. The van der Waals surface area contributed by atoms with Gasteiger partial charge in [0, 0.05) is 18.1 Å². The molecule has 1 N–H and O–H groups in total. The molecule has 0 atom stereocenters. The maximum Gasteiger partial charge on any atom is 0.243 e. The lowest BCUT2D eigenvalue weighted by Crippen LogP contribution is -2.41. The standard InChI is InChI=1S/C27H25ClN4O4/c1-18-30-22-4-2-3-5-23(22)32(18)16-27(34)31(14-19-6-9-21(28)10-7-19)15-26(33)29-13-20-8-11-24-25(12-20)36-17-35-24/h2-12H,13-17H2,1H3,(H,29,33). The van der Waals surface area contributed by atoms with Gasteiger partial charge in [-0.05, 0) is 54.4 Å². The van der Waals surface area contributed by atoms with Crippen molar-refractivity contribution in [2.45, 2.75) is 26.6 Å². The Morgan fingerprint density at radius 3 is 2.61 bits per heavy atom. The molecule has 1 aromatic heterocycles. The number of carbonyl (C=O) groups is 2. The average molecular weight is 505 g/mol. The lowest BCUT2D eigenvalue weighted by atomic mass is 10.2. The quantitative estimate of drug-likeness (QED) is 0.391. The summed E-state index contributed by atoms with van der Waals surface area (Å²) in [7, 11) is 0. The van der Waals surface area contributed by atoms with Gasteiger partial charge in [0.25, 0.3) is 0 Å². The summed E-state index contributed by atoms with van der Waals surface area (Å²) >= 11 is 6.03. The van der Waals surface area contributed by atoms with E-state index in [1.807, 2.05) is 66.1 Å². The summed E-state index contributed by atoms with van der Waals surface area (Å²) in [4.78, 5) is 32.4. The third-order valence-corrected chi connectivity index (χ3v) is 6.29. The highest BCUT2D eigenvalue weighted by Crippen LogP contribution is 2.32. The van der Waals surface area contributed by atoms with Crippen molar-refractivity contribution < 1.29 is 19.1 Å². The number of amides is 2. The van der Waals surface area contributed by atoms with Crippen molar-refractivity contribution in [3.63, 3.8) is 0 Å². The molecular weight excluding hydrogens is 480 g/mol. The minimum Gasteiger partial charge on any atom is -0.454 e. The summed E-state index contributed by atoms with van der Waals surface area (Å²) < 4.78 is 12.6. The van der Waals surface area contributed by atoms with E-state index in [0.29, 0.717) is 23.1 Å². The molecule has 36 heavy (non-hydrogen) atoms. The van der Waals surface area contributed by atoms with Crippen LogP contribution in [0.1, 0.15) is 17.0 Å². The Labute approximate surface area is 213 Å².